The molecule has 2 atom stereocenters. The molecule has 110 valence electrons. The average Bonchev–Trinajstić information content (AvgIpc) is 2.91. The minimum absolute atomic E-state index is 0. The molecule has 20 heavy (non-hydrogen) atoms. The maximum Gasteiger partial charge on any atom is 0.123 e. The van der Waals surface area contributed by atoms with E-state index >= 15 is 0 Å². The molecular formula is C15H22ClN3O. The number of nitrogens with zero attached hydrogens (tertiary/aromatic N) is 1. The number of nitrogens with two attached hydrogens (primary N) is 1. The molecule has 0 bridgehead atoms. The number of aromatic amines is 1. The maximum absolute atomic E-state index is 6.20. The molecule has 3 rings (SSSR count). The van der Waals surface area contributed by atoms with Crippen LogP contribution in [0.3, 0.4) is 0 Å². The molecule has 0 spiro atoms. The molecule has 2 unspecified atom stereocenters. The van der Waals surface area contributed by atoms with Crippen molar-refractivity contribution in [2.45, 2.75) is 38.7 Å². The first-order valence-corrected chi connectivity index (χ1v) is 7.07. The van der Waals surface area contributed by atoms with Crippen LogP contribution in [0.15, 0.2) is 18.3 Å². The van der Waals surface area contributed by atoms with E-state index in [9.17, 15) is 0 Å². The second-order valence-corrected chi connectivity index (χ2v) is 5.53. The molecule has 5 heteroatoms. The number of rotatable bonds is 3. The van der Waals surface area contributed by atoms with Crippen molar-refractivity contribution < 1.29 is 4.74 Å². The van der Waals surface area contributed by atoms with Gasteiger partial charge in [-0.25, -0.2) is 0 Å². The van der Waals surface area contributed by atoms with Crippen LogP contribution in [0.4, 0.5) is 0 Å². The molecule has 1 aliphatic carbocycles. The number of hydrogen-bond donors (Lipinski definition) is 2. The molecule has 2 aromatic rings. The van der Waals surface area contributed by atoms with Crippen LogP contribution >= 0.6 is 12.4 Å². The van der Waals surface area contributed by atoms with E-state index in [0.717, 1.165) is 36.0 Å². The molecule has 1 saturated carbocycles. The van der Waals surface area contributed by atoms with E-state index in [-0.39, 0.29) is 12.4 Å². The Balaban J connectivity index is 0.00000147. The summed E-state index contributed by atoms with van der Waals surface area (Å²) in [6, 6.07) is 4.08. The van der Waals surface area contributed by atoms with Crippen LogP contribution in [-0.2, 0) is 0 Å². The van der Waals surface area contributed by atoms with Crippen molar-refractivity contribution in [3.63, 3.8) is 0 Å². The van der Waals surface area contributed by atoms with Crippen molar-refractivity contribution in [3.05, 3.63) is 23.9 Å². The van der Waals surface area contributed by atoms with Gasteiger partial charge in [0.15, 0.2) is 0 Å². The zero-order valence-electron chi connectivity index (χ0n) is 11.8. The van der Waals surface area contributed by atoms with Crippen LogP contribution in [0.1, 0.15) is 31.2 Å². The summed E-state index contributed by atoms with van der Waals surface area (Å²) in [7, 11) is 0. The SMILES string of the molecule is Cc1c(OC2CCCC(CN)C2)ccc2[nH]ncc12.Cl. The van der Waals surface area contributed by atoms with E-state index in [4.69, 9.17) is 10.5 Å². The van der Waals surface area contributed by atoms with Gasteiger partial charge in [0.25, 0.3) is 0 Å². The van der Waals surface area contributed by atoms with Crippen LogP contribution < -0.4 is 10.5 Å². The Morgan fingerprint density at radius 2 is 2.25 bits per heavy atom. The first-order chi connectivity index (χ1) is 9.28. The zero-order chi connectivity index (χ0) is 13.2. The quantitative estimate of drug-likeness (QED) is 0.914. The fourth-order valence-electron chi connectivity index (χ4n) is 3.01. The maximum atomic E-state index is 6.20. The lowest BCUT2D eigenvalue weighted by Gasteiger charge is -2.29. The van der Waals surface area contributed by atoms with Gasteiger partial charge in [0, 0.05) is 10.9 Å². The minimum atomic E-state index is 0. The number of benzene rings is 1. The van der Waals surface area contributed by atoms with Crippen LogP contribution in [0.5, 0.6) is 5.75 Å². The topological polar surface area (TPSA) is 63.9 Å². The van der Waals surface area contributed by atoms with E-state index in [1.165, 1.54) is 18.4 Å². The Hall–Kier alpha value is -1.26. The molecule has 1 heterocycles. The summed E-state index contributed by atoms with van der Waals surface area (Å²) < 4.78 is 6.20. The first kappa shape index (κ1) is 15.1. The summed E-state index contributed by atoms with van der Waals surface area (Å²) in [5.74, 6) is 1.60. The Labute approximate surface area is 125 Å². The molecule has 1 fully saturated rings. The highest BCUT2D eigenvalue weighted by Gasteiger charge is 2.23. The van der Waals surface area contributed by atoms with Crippen LogP contribution in [0, 0.1) is 12.8 Å². The van der Waals surface area contributed by atoms with Gasteiger partial charge in [-0.2, -0.15) is 5.10 Å². The van der Waals surface area contributed by atoms with Crippen molar-refractivity contribution in [2.75, 3.05) is 6.54 Å². The molecule has 0 aliphatic heterocycles. The fraction of sp³-hybridized carbons (Fsp3) is 0.533. The Kier molecular flexibility index (Phi) is 4.89. The molecule has 4 nitrogen and oxygen atoms in total. The number of hydrogen-bond acceptors (Lipinski definition) is 3. The Morgan fingerprint density at radius 1 is 1.40 bits per heavy atom. The molecule has 1 aliphatic rings. The first-order valence-electron chi connectivity index (χ1n) is 7.07. The van der Waals surface area contributed by atoms with Gasteiger partial charge >= 0.3 is 0 Å². The highest BCUT2D eigenvalue weighted by atomic mass is 35.5. The summed E-state index contributed by atoms with van der Waals surface area (Å²) in [6.45, 7) is 2.87. The lowest BCUT2D eigenvalue weighted by molar-refractivity contribution is 0.125. The lowest BCUT2D eigenvalue weighted by Crippen LogP contribution is -2.29. The average molecular weight is 296 g/mol. The van der Waals surface area contributed by atoms with Crippen LogP contribution in [0.25, 0.3) is 10.9 Å². The van der Waals surface area contributed by atoms with Gasteiger partial charge in [-0.05, 0) is 57.2 Å². The van der Waals surface area contributed by atoms with E-state index < -0.39 is 0 Å². The smallest absolute Gasteiger partial charge is 0.123 e. The van der Waals surface area contributed by atoms with E-state index in [0.29, 0.717) is 12.0 Å². The third-order valence-electron chi connectivity index (χ3n) is 4.21. The summed E-state index contributed by atoms with van der Waals surface area (Å²) >= 11 is 0. The van der Waals surface area contributed by atoms with E-state index in [1.54, 1.807) is 0 Å². The predicted molar refractivity (Wildman–Crippen MR) is 83.5 cm³/mol. The highest BCUT2D eigenvalue weighted by molar-refractivity contribution is 5.85. The second kappa shape index (κ2) is 6.46. The van der Waals surface area contributed by atoms with Crippen molar-refractivity contribution in [2.24, 2.45) is 11.7 Å². The third kappa shape index (κ3) is 2.91. The number of nitrogens with one attached hydrogen (secondary N) is 1. The monoisotopic (exact) mass is 295 g/mol. The fourth-order valence-corrected chi connectivity index (χ4v) is 3.01. The van der Waals surface area contributed by atoms with E-state index in [1.807, 2.05) is 18.3 Å². The van der Waals surface area contributed by atoms with E-state index in [2.05, 4.69) is 17.1 Å². The molecule has 0 radical (unpaired) electrons. The summed E-state index contributed by atoms with van der Waals surface area (Å²) in [6.07, 6.45) is 6.86. The standard InChI is InChI=1S/C15H21N3O.ClH/c1-10-13-9-17-18-14(13)5-6-15(10)19-12-4-2-3-11(7-12)8-16;/h5-6,9,11-12H,2-4,7-8,16H2,1H3,(H,17,18);1H. The third-order valence-corrected chi connectivity index (χ3v) is 4.21. The number of fused-ring (bicyclic) bond motifs is 1. The summed E-state index contributed by atoms with van der Waals surface area (Å²) in [4.78, 5) is 0. The summed E-state index contributed by atoms with van der Waals surface area (Å²) in [5.41, 5.74) is 8.01. The van der Waals surface area contributed by atoms with Gasteiger partial charge in [0.05, 0.1) is 17.8 Å². The number of aromatic nitrogens is 2. The highest BCUT2D eigenvalue weighted by Crippen LogP contribution is 2.31. The largest absolute Gasteiger partial charge is 0.490 e. The van der Waals surface area contributed by atoms with Crippen molar-refractivity contribution in [1.29, 1.82) is 0 Å². The Bertz CT molecular complexity index is 569. The normalized spacial score (nSPS) is 22.5. The number of aryl methyl sites for hydroxylation is 1. The van der Waals surface area contributed by atoms with Gasteiger partial charge in [-0.3, -0.25) is 5.10 Å². The second-order valence-electron chi connectivity index (χ2n) is 5.53. The molecular weight excluding hydrogens is 274 g/mol. The van der Waals surface area contributed by atoms with Crippen LogP contribution in [0.2, 0.25) is 0 Å². The zero-order valence-corrected chi connectivity index (χ0v) is 12.6. The number of H-pyrrole nitrogens is 1. The molecule has 3 N–H and O–H groups in total. The van der Waals surface area contributed by atoms with Gasteiger partial charge in [-0.1, -0.05) is 0 Å². The van der Waals surface area contributed by atoms with Gasteiger partial charge in [-0.15, -0.1) is 12.4 Å². The van der Waals surface area contributed by atoms with Crippen LogP contribution in [-0.4, -0.2) is 22.8 Å². The minimum Gasteiger partial charge on any atom is -0.490 e. The van der Waals surface area contributed by atoms with Gasteiger partial charge < -0.3 is 10.5 Å². The lowest BCUT2D eigenvalue weighted by atomic mass is 9.87. The number of ether oxygens (including phenoxy) is 1. The molecule has 1 aromatic carbocycles. The molecule has 0 saturated heterocycles. The number of halogens is 1. The van der Waals surface area contributed by atoms with Crippen molar-refractivity contribution in [3.8, 4) is 5.75 Å². The van der Waals surface area contributed by atoms with Gasteiger partial charge in [0.1, 0.15) is 5.75 Å². The Morgan fingerprint density at radius 3 is 3.05 bits per heavy atom. The summed E-state index contributed by atoms with van der Waals surface area (Å²) in [5, 5.41) is 8.21. The predicted octanol–water partition coefficient (Wildman–Crippen LogP) is 3.19. The van der Waals surface area contributed by atoms with Crippen molar-refractivity contribution >= 4 is 23.3 Å². The molecule has 1 aromatic heterocycles. The molecule has 0 amide bonds. The van der Waals surface area contributed by atoms with Crippen molar-refractivity contribution in [1.82, 2.24) is 10.2 Å². The van der Waals surface area contributed by atoms with Gasteiger partial charge in [0.2, 0.25) is 0 Å².